The van der Waals surface area contributed by atoms with Crippen molar-refractivity contribution in [1.82, 2.24) is 10.2 Å². The van der Waals surface area contributed by atoms with Crippen LogP contribution in [0.1, 0.15) is 16.7 Å². The number of nitrogens with one attached hydrogen (secondary N) is 1. The van der Waals surface area contributed by atoms with Crippen molar-refractivity contribution < 1.29 is 27.4 Å². The number of para-hydroxylation sites is 1. The molecule has 0 fully saturated rings. The highest BCUT2D eigenvalue weighted by atomic mass is 19.4. The molecule has 8 heteroatoms. The van der Waals surface area contributed by atoms with Crippen LogP contribution >= 0.6 is 0 Å². The summed E-state index contributed by atoms with van der Waals surface area (Å²) in [4.78, 5) is 13.6. The van der Waals surface area contributed by atoms with Crippen LogP contribution in [0.5, 0.6) is 5.75 Å². The molecular weight excluding hydrogens is 361 g/mol. The smallest absolute Gasteiger partial charge is 0.405 e. The summed E-state index contributed by atoms with van der Waals surface area (Å²) >= 11 is 0. The number of hydrogen-bond acceptors (Lipinski definition) is 3. The molecule has 0 saturated heterocycles. The van der Waals surface area contributed by atoms with E-state index in [0.717, 1.165) is 11.1 Å². The molecule has 0 aromatic heterocycles. The number of ether oxygens (including phenoxy) is 2. The Morgan fingerprint density at radius 2 is 1.63 bits per heavy atom. The molecule has 146 valence electrons. The molecule has 0 aliphatic carbocycles. The van der Waals surface area contributed by atoms with Gasteiger partial charge in [0.2, 0.25) is 0 Å². The van der Waals surface area contributed by atoms with E-state index < -0.39 is 12.4 Å². The number of rotatable bonds is 7. The lowest BCUT2D eigenvalue weighted by Crippen LogP contribution is -2.36. The Bertz CT molecular complexity index is 766. The Morgan fingerprint density at radius 1 is 1.04 bits per heavy atom. The normalized spacial score (nSPS) is 11.1. The number of methoxy groups -OCH3 is 1. The number of alkyl halides is 3. The van der Waals surface area contributed by atoms with Crippen LogP contribution in [0.2, 0.25) is 0 Å². The predicted molar refractivity (Wildman–Crippen MR) is 94.0 cm³/mol. The minimum atomic E-state index is -4.79. The van der Waals surface area contributed by atoms with Gasteiger partial charge < -0.3 is 19.7 Å². The highest BCUT2D eigenvalue weighted by molar-refractivity contribution is 5.74. The Hall–Kier alpha value is -2.74. The van der Waals surface area contributed by atoms with Crippen molar-refractivity contribution in [1.29, 1.82) is 0 Å². The molecule has 2 aromatic carbocycles. The van der Waals surface area contributed by atoms with E-state index in [0.29, 0.717) is 6.61 Å². The maximum absolute atomic E-state index is 12.5. The summed E-state index contributed by atoms with van der Waals surface area (Å²) in [5.41, 5.74) is 2.11. The van der Waals surface area contributed by atoms with Crippen molar-refractivity contribution in [2.45, 2.75) is 26.1 Å². The Kier molecular flexibility index (Phi) is 7.06. The molecule has 0 aliphatic rings. The third-order valence-electron chi connectivity index (χ3n) is 3.80. The maximum atomic E-state index is 12.5. The average molecular weight is 382 g/mol. The first-order valence-electron chi connectivity index (χ1n) is 8.18. The van der Waals surface area contributed by atoms with E-state index in [2.05, 4.69) is 10.1 Å². The number of urea groups is 1. The van der Waals surface area contributed by atoms with E-state index in [1.165, 1.54) is 30.1 Å². The summed E-state index contributed by atoms with van der Waals surface area (Å²) < 4.78 is 46.6. The van der Waals surface area contributed by atoms with Crippen molar-refractivity contribution in [3.63, 3.8) is 0 Å². The second-order valence-electron chi connectivity index (χ2n) is 5.87. The van der Waals surface area contributed by atoms with Gasteiger partial charge in [-0.25, -0.2) is 4.79 Å². The van der Waals surface area contributed by atoms with Gasteiger partial charge in [-0.05, 0) is 17.2 Å². The molecule has 2 amide bonds. The lowest BCUT2D eigenvalue weighted by Gasteiger charge is -2.20. The second kappa shape index (κ2) is 9.27. The molecule has 1 N–H and O–H groups in total. The molecule has 0 bridgehead atoms. The van der Waals surface area contributed by atoms with Gasteiger partial charge in [0, 0.05) is 26.3 Å². The Labute approximate surface area is 155 Å². The van der Waals surface area contributed by atoms with Gasteiger partial charge in [0.1, 0.15) is 5.75 Å². The van der Waals surface area contributed by atoms with Gasteiger partial charge >= 0.3 is 12.4 Å². The average Bonchev–Trinajstić information content (AvgIpc) is 2.61. The van der Waals surface area contributed by atoms with E-state index in [1.54, 1.807) is 13.2 Å². The van der Waals surface area contributed by atoms with Crippen LogP contribution in [0.4, 0.5) is 18.0 Å². The van der Waals surface area contributed by atoms with Crippen molar-refractivity contribution in [3.8, 4) is 5.75 Å². The van der Waals surface area contributed by atoms with E-state index in [-0.39, 0.29) is 24.4 Å². The van der Waals surface area contributed by atoms with Gasteiger partial charge in [-0.3, -0.25) is 0 Å². The predicted octanol–water partition coefficient (Wildman–Crippen LogP) is 4.07. The Morgan fingerprint density at radius 3 is 2.26 bits per heavy atom. The first kappa shape index (κ1) is 20.6. The number of carbonyl (C=O) groups excluding carboxylic acids is 1. The molecule has 0 atom stereocenters. The zero-order valence-corrected chi connectivity index (χ0v) is 15.0. The van der Waals surface area contributed by atoms with E-state index >= 15 is 0 Å². The van der Waals surface area contributed by atoms with Crippen molar-refractivity contribution in [2.75, 3.05) is 14.2 Å². The zero-order chi connectivity index (χ0) is 19.9. The highest BCUT2D eigenvalue weighted by Gasteiger charge is 2.32. The fourth-order valence-electron chi connectivity index (χ4n) is 2.52. The molecule has 0 saturated carbocycles. The summed E-state index contributed by atoms with van der Waals surface area (Å²) in [6, 6.07) is 12.8. The molecule has 0 aliphatic heterocycles. The summed E-state index contributed by atoms with van der Waals surface area (Å²) in [6.07, 6.45) is -4.79. The van der Waals surface area contributed by atoms with E-state index in [9.17, 15) is 18.0 Å². The van der Waals surface area contributed by atoms with Crippen LogP contribution in [0.15, 0.2) is 48.5 Å². The lowest BCUT2D eigenvalue weighted by atomic mass is 10.1. The van der Waals surface area contributed by atoms with Gasteiger partial charge in [-0.15, -0.1) is 13.2 Å². The van der Waals surface area contributed by atoms with Crippen LogP contribution in [0.3, 0.4) is 0 Å². The van der Waals surface area contributed by atoms with Crippen LogP contribution in [0, 0.1) is 0 Å². The highest BCUT2D eigenvalue weighted by Crippen LogP contribution is 2.26. The van der Waals surface area contributed by atoms with Gasteiger partial charge in [0.25, 0.3) is 0 Å². The van der Waals surface area contributed by atoms with Crippen molar-refractivity contribution in [3.05, 3.63) is 65.2 Å². The molecule has 27 heavy (non-hydrogen) atoms. The fourth-order valence-corrected chi connectivity index (χ4v) is 2.52. The van der Waals surface area contributed by atoms with E-state index in [4.69, 9.17) is 4.74 Å². The summed E-state index contributed by atoms with van der Waals surface area (Å²) in [6.45, 7) is 0.672. The number of nitrogens with zero attached hydrogens (tertiary/aromatic N) is 1. The number of hydrogen-bond donors (Lipinski definition) is 1. The molecule has 0 spiro atoms. The van der Waals surface area contributed by atoms with Crippen molar-refractivity contribution in [2.24, 2.45) is 0 Å². The maximum Gasteiger partial charge on any atom is 0.573 e. The first-order valence-corrected chi connectivity index (χ1v) is 8.18. The quantitative estimate of drug-likeness (QED) is 0.785. The number of carbonyl (C=O) groups is 1. The Balaban J connectivity index is 1.99. The zero-order valence-electron chi connectivity index (χ0n) is 15.0. The monoisotopic (exact) mass is 382 g/mol. The summed E-state index contributed by atoms with van der Waals surface area (Å²) in [5, 5.41) is 2.75. The molecule has 0 heterocycles. The SMILES string of the molecule is COCc1ccccc1CNC(=O)N(C)Cc1ccccc1OC(F)(F)F. The van der Waals surface area contributed by atoms with Crippen LogP contribution in [-0.4, -0.2) is 31.5 Å². The minimum absolute atomic E-state index is 0.0300. The van der Waals surface area contributed by atoms with Crippen LogP contribution < -0.4 is 10.1 Å². The second-order valence-corrected chi connectivity index (χ2v) is 5.87. The van der Waals surface area contributed by atoms with Crippen molar-refractivity contribution >= 4 is 6.03 Å². The topological polar surface area (TPSA) is 50.8 Å². The largest absolute Gasteiger partial charge is 0.573 e. The number of benzene rings is 2. The van der Waals surface area contributed by atoms with Gasteiger partial charge in [0.05, 0.1) is 13.2 Å². The summed E-state index contributed by atoms with van der Waals surface area (Å²) in [7, 11) is 3.09. The summed E-state index contributed by atoms with van der Waals surface area (Å²) in [5.74, 6) is -0.324. The minimum Gasteiger partial charge on any atom is -0.405 e. The fraction of sp³-hybridized carbons (Fsp3) is 0.316. The molecule has 0 unspecified atom stereocenters. The van der Waals surface area contributed by atoms with E-state index in [1.807, 2.05) is 24.3 Å². The number of amides is 2. The third-order valence-corrected chi connectivity index (χ3v) is 3.80. The molecule has 5 nitrogen and oxygen atoms in total. The van der Waals surface area contributed by atoms with Gasteiger partial charge in [-0.1, -0.05) is 42.5 Å². The third kappa shape index (κ3) is 6.49. The molecule has 2 aromatic rings. The number of halogens is 3. The van der Waals surface area contributed by atoms with Crippen LogP contribution in [0.25, 0.3) is 0 Å². The van der Waals surface area contributed by atoms with Crippen LogP contribution in [-0.2, 0) is 24.4 Å². The lowest BCUT2D eigenvalue weighted by molar-refractivity contribution is -0.275. The standard InChI is InChI=1S/C19H21F3N2O3/c1-24(12-15-8-5-6-10-17(15)27-19(20,21)22)18(25)23-11-14-7-3-4-9-16(14)13-26-2/h3-10H,11-13H2,1-2H3,(H,23,25). The molecule has 0 radical (unpaired) electrons. The molecule has 2 rings (SSSR count). The van der Waals surface area contributed by atoms with Gasteiger partial charge in [0.15, 0.2) is 0 Å². The molecular formula is C19H21F3N2O3. The van der Waals surface area contributed by atoms with Gasteiger partial charge in [-0.2, -0.15) is 0 Å². The first-order chi connectivity index (χ1) is 12.8.